The lowest BCUT2D eigenvalue weighted by atomic mass is 10.2. The van der Waals surface area contributed by atoms with Crippen molar-refractivity contribution in [2.75, 3.05) is 0 Å². The summed E-state index contributed by atoms with van der Waals surface area (Å²) in [7, 11) is 0. The van der Waals surface area contributed by atoms with E-state index >= 15 is 0 Å². The maximum absolute atomic E-state index is 9.06. The zero-order valence-electron chi connectivity index (χ0n) is 7.17. The molecule has 0 radical (unpaired) electrons. The average molecular weight is 257 g/mol. The van der Waals surface area contributed by atoms with Crippen LogP contribution in [0.25, 0.3) is 10.1 Å². The molecular formula is C10H9BrOS. The minimum absolute atomic E-state index is 0.0907. The molecule has 1 N–H and O–H groups in total. The zero-order valence-corrected chi connectivity index (χ0v) is 9.58. The lowest BCUT2D eigenvalue weighted by Gasteiger charge is -1.99. The molecule has 1 heterocycles. The van der Waals surface area contributed by atoms with Gasteiger partial charge in [-0.3, -0.25) is 0 Å². The monoisotopic (exact) mass is 256 g/mol. The van der Waals surface area contributed by atoms with Crippen LogP contribution in [-0.4, -0.2) is 5.11 Å². The Kier molecular flexibility index (Phi) is 2.41. The third kappa shape index (κ3) is 1.64. The minimum atomic E-state index is 0.0907. The lowest BCUT2D eigenvalue weighted by Crippen LogP contribution is -1.83. The summed E-state index contributed by atoms with van der Waals surface area (Å²) in [6.45, 7) is 2.19. The normalized spacial score (nSPS) is 11.0. The first-order chi connectivity index (χ1) is 6.20. The van der Waals surface area contributed by atoms with E-state index in [1.54, 1.807) is 11.3 Å². The highest BCUT2D eigenvalue weighted by Gasteiger charge is 2.03. The average Bonchev–Trinajstić information content (AvgIpc) is 2.42. The van der Waals surface area contributed by atoms with E-state index in [-0.39, 0.29) is 6.61 Å². The van der Waals surface area contributed by atoms with Gasteiger partial charge in [-0.15, -0.1) is 11.3 Å². The highest BCUT2D eigenvalue weighted by atomic mass is 79.9. The fourth-order valence-corrected chi connectivity index (χ4v) is 2.81. The van der Waals surface area contributed by atoms with Gasteiger partial charge in [0.05, 0.1) is 6.61 Å². The standard InChI is InChI=1S/C10H9BrOS/c1-6-2-7-3-9(11)8(5-12)4-10(7)13-6/h2-4,12H,5H2,1H3. The Morgan fingerprint density at radius 2 is 2.15 bits per heavy atom. The number of thiophene rings is 1. The molecular weight excluding hydrogens is 248 g/mol. The number of hydrogen-bond donors (Lipinski definition) is 1. The van der Waals surface area contributed by atoms with Crippen molar-refractivity contribution in [1.29, 1.82) is 0 Å². The summed E-state index contributed by atoms with van der Waals surface area (Å²) in [6, 6.07) is 6.26. The molecule has 0 aliphatic rings. The van der Waals surface area contributed by atoms with Crippen molar-refractivity contribution in [2.24, 2.45) is 0 Å². The molecule has 0 aliphatic carbocycles. The maximum atomic E-state index is 9.06. The quantitative estimate of drug-likeness (QED) is 0.829. The van der Waals surface area contributed by atoms with Crippen LogP contribution >= 0.6 is 27.3 Å². The van der Waals surface area contributed by atoms with Crippen molar-refractivity contribution >= 4 is 37.4 Å². The Hall–Kier alpha value is -0.380. The van der Waals surface area contributed by atoms with E-state index in [0.29, 0.717) is 0 Å². The van der Waals surface area contributed by atoms with Crippen molar-refractivity contribution < 1.29 is 5.11 Å². The van der Waals surface area contributed by atoms with Crippen molar-refractivity contribution in [3.8, 4) is 0 Å². The Morgan fingerprint density at radius 1 is 1.38 bits per heavy atom. The van der Waals surface area contributed by atoms with Crippen LogP contribution in [0.3, 0.4) is 0 Å². The highest BCUT2D eigenvalue weighted by molar-refractivity contribution is 9.10. The molecule has 1 aromatic carbocycles. The fourth-order valence-electron chi connectivity index (χ4n) is 1.36. The first-order valence-corrected chi connectivity index (χ1v) is 5.61. The summed E-state index contributed by atoms with van der Waals surface area (Å²) in [5, 5.41) is 10.3. The van der Waals surface area contributed by atoms with Crippen molar-refractivity contribution in [1.82, 2.24) is 0 Å². The molecule has 2 rings (SSSR count). The molecule has 0 atom stereocenters. The van der Waals surface area contributed by atoms with E-state index in [9.17, 15) is 0 Å². The van der Waals surface area contributed by atoms with Gasteiger partial charge in [0.2, 0.25) is 0 Å². The molecule has 2 aromatic rings. The minimum Gasteiger partial charge on any atom is -0.392 e. The molecule has 0 bridgehead atoms. The Bertz CT molecular complexity index is 447. The van der Waals surface area contributed by atoms with Crippen LogP contribution < -0.4 is 0 Å². The number of aliphatic hydroxyl groups excluding tert-OH is 1. The summed E-state index contributed by atoms with van der Waals surface area (Å²) in [4.78, 5) is 1.30. The SMILES string of the molecule is Cc1cc2cc(Br)c(CO)cc2s1. The number of hydrogen-bond acceptors (Lipinski definition) is 2. The molecule has 0 unspecified atom stereocenters. The van der Waals surface area contributed by atoms with Gasteiger partial charge in [0.25, 0.3) is 0 Å². The molecule has 0 spiro atoms. The van der Waals surface area contributed by atoms with E-state index in [2.05, 4.69) is 35.0 Å². The number of rotatable bonds is 1. The summed E-state index contributed by atoms with van der Waals surface area (Å²) < 4.78 is 2.23. The van der Waals surface area contributed by atoms with Crippen LogP contribution in [0, 0.1) is 6.92 Å². The van der Waals surface area contributed by atoms with Gasteiger partial charge in [0, 0.05) is 14.0 Å². The highest BCUT2D eigenvalue weighted by Crippen LogP contribution is 2.30. The number of aliphatic hydroxyl groups is 1. The Morgan fingerprint density at radius 3 is 2.85 bits per heavy atom. The predicted octanol–water partition coefficient (Wildman–Crippen LogP) is 3.46. The van der Waals surface area contributed by atoms with Crippen LogP contribution in [-0.2, 0) is 6.61 Å². The van der Waals surface area contributed by atoms with E-state index in [4.69, 9.17) is 5.11 Å². The second kappa shape index (κ2) is 3.40. The Balaban J connectivity index is 2.72. The van der Waals surface area contributed by atoms with Crippen molar-refractivity contribution in [3.63, 3.8) is 0 Å². The van der Waals surface area contributed by atoms with Crippen molar-refractivity contribution in [3.05, 3.63) is 33.1 Å². The molecule has 13 heavy (non-hydrogen) atoms. The smallest absolute Gasteiger partial charge is 0.0693 e. The molecule has 0 saturated carbocycles. The van der Waals surface area contributed by atoms with E-state index < -0.39 is 0 Å². The number of aryl methyl sites for hydroxylation is 1. The topological polar surface area (TPSA) is 20.2 Å². The van der Waals surface area contributed by atoms with Gasteiger partial charge >= 0.3 is 0 Å². The van der Waals surface area contributed by atoms with Crippen molar-refractivity contribution in [2.45, 2.75) is 13.5 Å². The molecule has 0 amide bonds. The largest absolute Gasteiger partial charge is 0.392 e. The fraction of sp³-hybridized carbons (Fsp3) is 0.200. The maximum Gasteiger partial charge on any atom is 0.0693 e. The van der Waals surface area contributed by atoms with Gasteiger partial charge in [-0.2, -0.15) is 0 Å². The zero-order chi connectivity index (χ0) is 9.42. The molecule has 1 aromatic heterocycles. The molecule has 1 nitrogen and oxygen atoms in total. The molecule has 68 valence electrons. The third-order valence-electron chi connectivity index (χ3n) is 1.98. The number of halogens is 1. The second-order valence-electron chi connectivity index (χ2n) is 3.00. The van der Waals surface area contributed by atoms with Gasteiger partial charge in [0.15, 0.2) is 0 Å². The van der Waals surface area contributed by atoms with Gasteiger partial charge in [-0.05, 0) is 36.1 Å². The molecule has 3 heteroatoms. The van der Waals surface area contributed by atoms with Crippen LogP contribution in [0.1, 0.15) is 10.4 Å². The first-order valence-electron chi connectivity index (χ1n) is 4.00. The predicted molar refractivity (Wildman–Crippen MR) is 60.2 cm³/mol. The van der Waals surface area contributed by atoms with Crippen LogP contribution in [0.2, 0.25) is 0 Å². The van der Waals surface area contributed by atoms with Gasteiger partial charge in [-0.1, -0.05) is 15.9 Å². The van der Waals surface area contributed by atoms with Crippen LogP contribution in [0.4, 0.5) is 0 Å². The second-order valence-corrected chi connectivity index (χ2v) is 5.14. The third-order valence-corrected chi connectivity index (χ3v) is 3.73. The molecule has 0 aliphatic heterocycles. The number of fused-ring (bicyclic) bond motifs is 1. The molecule has 0 fully saturated rings. The first kappa shape index (κ1) is 9.19. The summed E-state index contributed by atoms with van der Waals surface area (Å²) in [6.07, 6.45) is 0. The summed E-state index contributed by atoms with van der Waals surface area (Å²) >= 11 is 5.19. The van der Waals surface area contributed by atoms with Gasteiger partial charge in [-0.25, -0.2) is 0 Å². The number of benzene rings is 1. The van der Waals surface area contributed by atoms with Gasteiger partial charge < -0.3 is 5.11 Å². The Labute approximate surface area is 89.1 Å². The van der Waals surface area contributed by atoms with E-state index in [1.807, 2.05) is 6.07 Å². The van der Waals surface area contributed by atoms with E-state index in [0.717, 1.165) is 10.0 Å². The summed E-state index contributed by atoms with van der Waals surface area (Å²) in [5.74, 6) is 0. The van der Waals surface area contributed by atoms with Crippen LogP contribution in [0.15, 0.2) is 22.7 Å². The van der Waals surface area contributed by atoms with Gasteiger partial charge in [0.1, 0.15) is 0 Å². The lowest BCUT2D eigenvalue weighted by molar-refractivity contribution is 0.281. The summed E-state index contributed by atoms with van der Waals surface area (Å²) in [5.41, 5.74) is 0.953. The van der Waals surface area contributed by atoms with Crippen LogP contribution in [0.5, 0.6) is 0 Å². The van der Waals surface area contributed by atoms with E-state index in [1.165, 1.54) is 15.0 Å². The molecule has 0 saturated heterocycles.